The van der Waals surface area contributed by atoms with Crippen molar-refractivity contribution in [2.24, 2.45) is 0 Å². The first-order valence-electron chi connectivity index (χ1n) is 6.33. The van der Waals surface area contributed by atoms with Gasteiger partial charge < -0.3 is 9.84 Å². The van der Waals surface area contributed by atoms with E-state index in [1.165, 1.54) is 6.42 Å². The van der Waals surface area contributed by atoms with E-state index in [1.54, 1.807) is 0 Å². The van der Waals surface area contributed by atoms with Crippen molar-refractivity contribution in [2.45, 2.75) is 51.2 Å². The zero-order chi connectivity index (χ0) is 12.0. The Morgan fingerprint density at radius 3 is 2.82 bits per heavy atom. The van der Waals surface area contributed by atoms with Gasteiger partial charge in [-0.25, -0.2) is 0 Å². The lowest BCUT2D eigenvalue weighted by atomic mass is 9.97. The van der Waals surface area contributed by atoms with Crippen LogP contribution in [-0.2, 0) is 12.0 Å². The van der Waals surface area contributed by atoms with Crippen molar-refractivity contribution in [3.8, 4) is 0 Å². The smallest absolute Gasteiger partial charge is 0.232 e. The number of aromatic nitrogens is 2. The maximum absolute atomic E-state index is 5.32. The number of likely N-dealkylation sites (tertiary alicyclic amines) is 1. The molecule has 0 amide bonds. The molecular formula is C12H20N4O. The van der Waals surface area contributed by atoms with Gasteiger partial charge in [0.25, 0.3) is 0 Å². The van der Waals surface area contributed by atoms with Crippen molar-refractivity contribution < 1.29 is 4.52 Å². The third-order valence-corrected chi connectivity index (χ3v) is 3.62. The lowest BCUT2D eigenvalue weighted by Crippen LogP contribution is -2.43. The molecule has 1 aromatic rings. The Morgan fingerprint density at radius 1 is 1.47 bits per heavy atom. The molecule has 1 aromatic heterocycles. The average molecular weight is 236 g/mol. The summed E-state index contributed by atoms with van der Waals surface area (Å²) in [5.74, 6) is 1.55. The molecule has 3 heterocycles. The summed E-state index contributed by atoms with van der Waals surface area (Å²) in [5, 5.41) is 7.58. The van der Waals surface area contributed by atoms with E-state index in [0.717, 1.165) is 31.3 Å². The molecule has 0 aromatic carbocycles. The normalized spacial score (nSPS) is 29.1. The van der Waals surface area contributed by atoms with Crippen molar-refractivity contribution in [1.82, 2.24) is 20.4 Å². The fraction of sp³-hybridized carbons (Fsp3) is 0.833. The molecule has 0 aliphatic carbocycles. The predicted octanol–water partition coefficient (Wildman–Crippen LogP) is 0.913. The van der Waals surface area contributed by atoms with E-state index in [2.05, 4.69) is 41.1 Å². The van der Waals surface area contributed by atoms with Crippen LogP contribution < -0.4 is 5.32 Å². The van der Waals surface area contributed by atoms with E-state index in [1.807, 2.05) is 0 Å². The van der Waals surface area contributed by atoms with E-state index in [0.29, 0.717) is 12.1 Å². The molecule has 2 aliphatic rings. The van der Waals surface area contributed by atoms with Gasteiger partial charge in [0.15, 0.2) is 5.82 Å². The Kier molecular flexibility index (Phi) is 2.48. The van der Waals surface area contributed by atoms with Gasteiger partial charge in [-0.2, -0.15) is 4.98 Å². The summed E-state index contributed by atoms with van der Waals surface area (Å²) >= 11 is 0. The quantitative estimate of drug-likeness (QED) is 0.827. The topological polar surface area (TPSA) is 54.2 Å². The van der Waals surface area contributed by atoms with Crippen LogP contribution in [0.1, 0.15) is 38.9 Å². The molecule has 17 heavy (non-hydrogen) atoms. The second kappa shape index (κ2) is 3.78. The van der Waals surface area contributed by atoms with Crippen LogP contribution in [0.5, 0.6) is 0 Å². The molecular weight excluding hydrogens is 216 g/mol. The zero-order valence-corrected chi connectivity index (χ0v) is 10.7. The van der Waals surface area contributed by atoms with E-state index >= 15 is 0 Å². The Morgan fingerprint density at radius 2 is 2.29 bits per heavy atom. The van der Waals surface area contributed by atoms with Crippen LogP contribution in [0.15, 0.2) is 4.52 Å². The maximum Gasteiger partial charge on any atom is 0.232 e. The molecule has 1 unspecified atom stereocenters. The Balaban J connectivity index is 1.68. The number of nitrogens with one attached hydrogen (secondary N) is 1. The Hall–Kier alpha value is -0.940. The number of hydrogen-bond acceptors (Lipinski definition) is 5. The highest BCUT2D eigenvalue weighted by molar-refractivity contribution is 5.02. The van der Waals surface area contributed by atoms with Gasteiger partial charge in [-0.3, -0.25) is 4.90 Å². The van der Waals surface area contributed by atoms with Gasteiger partial charge in [0.2, 0.25) is 5.89 Å². The van der Waals surface area contributed by atoms with Crippen LogP contribution >= 0.6 is 0 Å². The summed E-state index contributed by atoms with van der Waals surface area (Å²) < 4.78 is 5.32. The van der Waals surface area contributed by atoms with E-state index in [9.17, 15) is 0 Å². The molecule has 2 atom stereocenters. The molecule has 5 nitrogen and oxygen atoms in total. The van der Waals surface area contributed by atoms with Crippen molar-refractivity contribution in [2.75, 3.05) is 13.1 Å². The second-order valence-electron chi connectivity index (χ2n) is 6.19. The highest BCUT2D eigenvalue weighted by Gasteiger charge is 2.38. The summed E-state index contributed by atoms with van der Waals surface area (Å²) in [6.45, 7) is 9.31. The summed E-state index contributed by atoms with van der Waals surface area (Å²) in [6, 6.07) is 1.34. The third kappa shape index (κ3) is 2.09. The van der Waals surface area contributed by atoms with Crippen LogP contribution in [0.2, 0.25) is 0 Å². The van der Waals surface area contributed by atoms with E-state index < -0.39 is 0 Å². The van der Waals surface area contributed by atoms with E-state index in [-0.39, 0.29) is 5.41 Å². The van der Waals surface area contributed by atoms with Crippen LogP contribution in [0, 0.1) is 0 Å². The van der Waals surface area contributed by atoms with Crippen molar-refractivity contribution >= 4 is 0 Å². The average Bonchev–Trinajstić information content (AvgIpc) is 2.89. The summed E-state index contributed by atoms with van der Waals surface area (Å²) in [5.41, 5.74) is -0.0587. The van der Waals surface area contributed by atoms with Crippen LogP contribution in [0.25, 0.3) is 0 Å². The number of rotatable bonds is 2. The SMILES string of the molecule is CC(C)(C)c1nc(CN2C[C@H]3CC2CN3)no1. The second-order valence-corrected chi connectivity index (χ2v) is 6.19. The summed E-state index contributed by atoms with van der Waals surface area (Å²) in [4.78, 5) is 6.95. The minimum absolute atomic E-state index is 0.0587. The molecule has 0 spiro atoms. The number of fused-ring (bicyclic) bond motifs is 2. The van der Waals surface area contributed by atoms with Gasteiger partial charge >= 0.3 is 0 Å². The Bertz CT molecular complexity index is 409. The largest absolute Gasteiger partial charge is 0.339 e. The first kappa shape index (κ1) is 11.2. The summed E-state index contributed by atoms with van der Waals surface area (Å²) in [6.07, 6.45) is 1.27. The minimum atomic E-state index is -0.0587. The van der Waals surface area contributed by atoms with Crippen LogP contribution in [0.3, 0.4) is 0 Å². The number of piperazine rings is 1. The molecule has 3 rings (SSSR count). The first-order valence-corrected chi connectivity index (χ1v) is 6.33. The highest BCUT2D eigenvalue weighted by atomic mass is 16.5. The van der Waals surface area contributed by atoms with Gasteiger partial charge in [-0.1, -0.05) is 25.9 Å². The van der Waals surface area contributed by atoms with Crippen molar-refractivity contribution in [1.29, 1.82) is 0 Å². The minimum Gasteiger partial charge on any atom is -0.339 e. The third-order valence-electron chi connectivity index (χ3n) is 3.62. The summed E-state index contributed by atoms with van der Waals surface area (Å²) in [7, 11) is 0. The lowest BCUT2D eigenvalue weighted by Gasteiger charge is -2.25. The number of hydrogen-bond donors (Lipinski definition) is 1. The number of nitrogens with zero attached hydrogens (tertiary/aromatic N) is 3. The molecule has 0 radical (unpaired) electrons. The van der Waals surface area contributed by atoms with Gasteiger partial charge in [-0.05, 0) is 6.42 Å². The first-order chi connectivity index (χ1) is 8.02. The molecule has 5 heteroatoms. The highest BCUT2D eigenvalue weighted by Crippen LogP contribution is 2.25. The van der Waals surface area contributed by atoms with Gasteiger partial charge in [0.05, 0.1) is 6.54 Å². The molecule has 1 N–H and O–H groups in total. The monoisotopic (exact) mass is 236 g/mol. The fourth-order valence-corrected chi connectivity index (χ4v) is 2.65. The van der Waals surface area contributed by atoms with Crippen LogP contribution in [-0.4, -0.2) is 40.2 Å². The van der Waals surface area contributed by atoms with E-state index in [4.69, 9.17) is 4.52 Å². The fourth-order valence-electron chi connectivity index (χ4n) is 2.65. The van der Waals surface area contributed by atoms with Crippen molar-refractivity contribution in [3.63, 3.8) is 0 Å². The predicted molar refractivity (Wildman–Crippen MR) is 63.6 cm³/mol. The van der Waals surface area contributed by atoms with Crippen molar-refractivity contribution in [3.05, 3.63) is 11.7 Å². The molecule has 2 fully saturated rings. The zero-order valence-electron chi connectivity index (χ0n) is 10.7. The molecule has 2 aliphatic heterocycles. The van der Waals surface area contributed by atoms with Gasteiger partial charge in [0.1, 0.15) is 0 Å². The maximum atomic E-state index is 5.32. The molecule has 2 saturated heterocycles. The molecule has 2 bridgehead atoms. The molecule has 0 saturated carbocycles. The van der Waals surface area contributed by atoms with Crippen LogP contribution in [0.4, 0.5) is 0 Å². The van der Waals surface area contributed by atoms with Gasteiger partial charge in [0, 0.05) is 30.6 Å². The van der Waals surface area contributed by atoms with Gasteiger partial charge in [-0.15, -0.1) is 0 Å². The lowest BCUT2D eigenvalue weighted by molar-refractivity contribution is 0.209. The standard InChI is InChI=1S/C12H20N4O/c1-12(2,3)11-14-10(15-17-11)7-16-6-8-4-9(16)5-13-8/h8-9,13H,4-7H2,1-3H3/t8-,9?/m1/s1. The molecule has 94 valence electrons. The Labute approximate surface area is 102 Å².